The molecule has 2 aromatic rings. The number of carbonyl (C=O) groups excluding carboxylic acids is 1. The highest BCUT2D eigenvalue weighted by Gasteiger charge is 2.16. The zero-order chi connectivity index (χ0) is 13.8. The summed E-state index contributed by atoms with van der Waals surface area (Å²) < 4.78 is 0. The minimum Gasteiger partial charge on any atom is -0.399 e. The maximum Gasteiger partial charge on any atom is 0.239 e. The van der Waals surface area contributed by atoms with Crippen LogP contribution in [-0.2, 0) is 4.79 Å². The van der Waals surface area contributed by atoms with Gasteiger partial charge < -0.3 is 5.73 Å². The van der Waals surface area contributed by atoms with E-state index < -0.39 is 0 Å². The summed E-state index contributed by atoms with van der Waals surface area (Å²) in [5, 5.41) is 11.6. The summed E-state index contributed by atoms with van der Waals surface area (Å²) in [6.07, 6.45) is 0. The molecule has 1 aromatic heterocycles. The van der Waals surface area contributed by atoms with E-state index in [4.69, 9.17) is 5.73 Å². The zero-order valence-corrected chi connectivity index (χ0v) is 12.2. The van der Waals surface area contributed by atoms with Crippen LogP contribution in [0.3, 0.4) is 0 Å². The van der Waals surface area contributed by atoms with Crippen molar-refractivity contribution >= 4 is 39.8 Å². The van der Waals surface area contributed by atoms with Gasteiger partial charge in [0, 0.05) is 10.6 Å². The second-order valence-corrected chi connectivity index (χ2v) is 6.54. The van der Waals surface area contributed by atoms with Gasteiger partial charge in [-0.15, -0.1) is 22.0 Å². The Morgan fingerprint density at radius 1 is 1.47 bits per heavy atom. The van der Waals surface area contributed by atoms with E-state index in [2.05, 4.69) is 15.5 Å². The van der Waals surface area contributed by atoms with Crippen LogP contribution in [0.4, 0.5) is 10.8 Å². The molecule has 3 N–H and O–H groups in total. The van der Waals surface area contributed by atoms with Crippen molar-refractivity contribution in [1.29, 1.82) is 0 Å². The molecule has 100 valence electrons. The lowest BCUT2D eigenvalue weighted by Gasteiger charge is -2.10. The second-order valence-electron chi connectivity index (χ2n) is 3.95. The summed E-state index contributed by atoms with van der Waals surface area (Å²) in [6, 6.07) is 7.47. The van der Waals surface area contributed by atoms with E-state index >= 15 is 0 Å². The molecule has 1 heterocycles. The van der Waals surface area contributed by atoms with Crippen molar-refractivity contribution in [2.45, 2.75) is 24.0 Å². The van der Waals surface area contributed by atoms with Crippen LogP contribution in [0.1, 0.15) is 11.9 Å². The van der Waals surface area contributed by atoms with Gasteiger partial charge in [0.15, 0.2) is 0 Å². The summed E-state index contributed by atoms with van der Waals surface area (Å²) in [5.41, 5.74) is 6.40. The molecule has 7 heteroatoms. The number of carbonyl (C=O) groups is 1. The minimum absolute atomic E-state index is 0.0939. The molecule has 0 aliphatic carbocycles. The van der Waals surface area contributed by atoms with Gasteiger partial charge >= 0.3 is 0 Å². The van der Waals surface area contributed by atoms with Gasteiger partial charge in [0.05, 0.1) is 5.25 Å². The summed E-state index contributed by atoms with van der Waals surface area (Å²) >= 11 is 2.82. The lowest BCUT2D eigenvalue weighted by Crippen LogP contribution is -2.22. The predicted octanol–water partition coefficient (Wildman–Crippen LogP) is 2.55. The van der Waals surface area contributed by atoms with E-state index in [1.165, 1.54) is 23.1 Å². The topological polar surface area (TPSA) is 80.9 Å². The van der Waals surface area contributed by atoms with Gasteiger partial charge in [0.25, 0.3) is 0 Å². The number of nitrogens with one attached hydrogen (secondary N) is 1. The van der Waals surface area contributed by atoms with Crippen molar-refractivity contribution < 1.29 is 4.79 Å². The first-order valence-electron chi connectivity index (χ1n) is 5.68. The molecule has 0 saturated heterocycles. The van der Waals surface area contributed by atoms with Gasteiger partial charge in [-0.3, -0.25) is 10.1 Å². The monoisotopic (exact) mass is 294 g/mol. The molecule has 0 spiro atoms. The molecule has 0 fully saturated rings. The van der Waals surface area contributed by atoms with Crippen molar-refractivity contribution in [3.05, 3.63) is 29.3 Å². The van der Waals surface area contributed by atoms with Gasteiger partial charge in [-0.2, -0.15) is 0 Å². The van der Waals surface area contributed by atoms with Crippen LogP contribution in [0.15, 0.2) is 29.2 Å². The van der Waals surface area contributed by atoms with Crippen LogP contribution < -0.4 is 11.1 Å². The Morgan fingerprint density at radius 2 is 2.26 bits per heavy atom. The first-order valence-corrected chi connectivity index (χ1v) is 7.37. The number of thioether (sulfide) groups is 1. The summed E-state index contributed by atoms with van der Waals surface area (Å²) in [7, 11) is 0. The molecule has 19 heavy (non-hydrogen) atoms. The van der Waals surface area contributed by atoms with Gasteiger partial charge in [-0.05, 0) is 32.0 Å². The number of anilines is 2. The summed E-state index contributed by atoms with van der Waals surface area (Å²) in [6.45, 7) is 3.69. The number of aryl methyl sites for hydroxylation is 1. The van der Waals surface area contributed by atoms with Gasteiger partial charge in [0.1, 0.15) is 5.01 Å². The second kappa shape index (κ2) is 6.03. The lowest BCUT2D eigenvalue weighted by atomic mass is 10.3. The van der Waals surface area contributed by atoms with Crippen molar-refractivity contribution in [1.82, 2.24) is 10.2 Å². The molecule has 0 radical (unpaired) electrons. The highest BCUT2D eigenvalue weighted by Crippen LogP contribution is 2.26. The van der Waals surface area contributed by atoms with Crippen molar-refractivity contribution in [3.63, 3.8) is 0 Å². The molecule has 1 unspecified atom stereocenters. The van der Waals surface area contributed by atoms with Crippen molar-refractivity contribution in [2.24, 2.45) is 0 Å². The Bertz CT molecular complexity index is 585. The molecule has 0 aliphatic heterocycles. The Balaban J connectivity index is 1.96. The minimum atomic E-state index is -0.231. The maximum absolute atomic E-state index is 12.0. The van der Waals surface area contributed by atoms with Gasteiger partial charge in [0.2, 0.25) is 11.0 Å². The van der Waals surface area contributed by atoms with Crippen molar-refractivity contribution in [2.75, 3.05) is 11.1 Å². The van der Waals surface area contributed by atoms with Crippen LogP contribution in [0, 0.1) is 6.92 Å². The smallest absolute Gasteiger partial charge is 0.239 e. The maximum atomic E-state index is 12.0. The predicted molar refractivity (Wildman–Crippen MR) is 79.4 cm³/mol. The summed E-state index contributed by atoms with van der Waals surface area (Å²) in [5.74, 6) is -0.0939. The Hall–Kier alpha value is -1.60. The third-order valence-electron chi connectivity index (χ3n) is 2.30. The van der Waals surface area contributed by atoms with Crippen LogP contribution >= 0.6 is 23.1 Å². The van der Waals surface area contributed by atoms with E-state index in [-0.39, 0.29) is 11.2 Å². The SMILES string of the molecule is Cc1nnc(NC(=O)C(C)Sc2cccc(N)c2)s1. The number of nitrogens with zero attached hydrogens (tertiary/aromatic N) is 2. The highest BCUT2D eigenvalue weighted by atomic mass is 32.2. The largest absolute Gasteiger partial charge is 0.399 e. The fourth-order valence-electron chi connectivity index (χ4n) is 1.40. The number of rotatable bonds is 4. The van der Waals surface area contributed by atoms with E-state index in [9.17, 15) is 4.79 Å². The zero-order valence-electron chi connectivity index (χ0n) is 10.6. The number of hydrogen-bond acceptors (Lipinski definition) is 6. The average Bonchev–Trinajstić information content (AvgIpc) is 2.74. The first-order chi connectivity index (χ1) is 9.04. The van der Waals surface area contributed by atoms with Crippen LogP contribution in [0.25, 0.3) is 0 Å². The molecule has 0 saturated carbocycles. The summed E-state index contributed by atoms with van der Waals surface area (Å²) in [4.78, 5) is 13.0. The number of amides is 1. The van der Waals surface area contributed by atoms with E-state index in [1.54, 1.807) is 0 Å². The third kappa shape index (κ3) is 3.93. The fraction of sp³-hybridized carbons (Fsp3) is 0.250. The number of nitrogens with two attached hydrogens (primary N) is 1. The average molecular weight is 294 g/mol. The highest BCUT2D eigenvalue weighted by molar-refractivity contribution is 8.00. The third-order valence-corrected chi connectivity index (χ3v) is 4.14. The van der Waals surface area contributed by atoms with Gasteiger partial charge in [-0.1, -0.05) is 17.4 Å². The van der Waals surface area contributed by atoms with Crippen LogP contribution in [0.5, 0.6) is 0 Å². The number of aromatic nitrogens is 2. The fourth-order valence-corrected chi connectivity index (χ4v) is 2.93. The molecule has 2 rings (SSSR count). The van der Waals surface area contributed by atoms with E-state index in [1.807, 2.05) is 38.1 Å². The van der Waals surface area contributed by atoms with Crippen molar-refractivity contribution in [3.8, 4) is 0 Å². The van der Waals surface area contributed by atoms with E-state index in [0.717, 1.165) is 9.90 Å². The first kappa shape index (κ1) is 13.8. The molecule has 1 atom stereocenters. The Labute approximate surface area is 119 Å². The van der Waals surface area contributed by atoms with Crippen LogP contribution in [0.2, 0.25) is 0 Å². The molecule has 1 amide bonds. The number of hydrogen-bond donors (Lipinski definition) is 2. The Kier molecular flexibility index (Phi) is 4.39. The molecular weight excluding hydrogens is 280 g/mol. The van der Waals surface area contributed by atoms with E-state index in [0.29, 0.717) is 10.8 Å². The Morgan fingerprint density at radius 3 is 2.89 bits per heavy atom. The number of benzene rings is 1. The quantitative estimate of drug-likeness (QED) is 0.669. The standard InChI is InChI=1S/C12H14N4OS2/c1-7(18-10-5-3-4-9(13)6-10)11(17)14-12-16-15-8(2)19-12/h3-7H,13H2,1-2H3,(H,14,16,17). The van der Waals surface area contributed by atoms with Gasteiger partial charge in [-0.25, -0.2) is 0 Å². The molecule has 0 bridgehead atoms. The molecule has 0 aliphatic rings. The normalized spacial score (nSPS) is 12.1. The lowest BCUT2D eigenvalue weighted by molar-refractivity contribution is -0.115. The van der Waals surface area contributed by atoms with Crippen LogP contribution in [-0.4, -0.2) is 21.4 Å². The number of nitrogen functional groups attached to an aromatic ring is 1. The molecular formula is C12H14N4OS2. The molecule has 1 aromatic carbocycles. The molecule has 5 nitrogen and oxygen atoms in total.